The van der Waals surface area contributed by atoms with Crippen LogP contribution in [0.15, 0.2) is 36.4 Å². The summed E-state index contributed by atoms with van der Waals surface area (Å²) in [6.45, 7) is 9.17. The number of unbranched alkanes of at least 4 members (excludes halogenated alkanes) is 2. The van der Waals surface area contributed by atoms with Gasteiger partial charge in [0.1, 0.15) is 0 Å². The van der Waals surface area contributed by atoms with Crippen LogP contribution in [0.4, 0.5) is 0 Å². The molecule has 0 nitrogen and oxygen atoms in total. The predicted molar refractivity (Wildman–Crippen MR) is 141 cm³/mol. The molecule has 184 valence electrons. The average molecular weight is 601 g/mol. The fourth-order valence-electron chi connectivity index (χ4n) is 5.69. The summed E-state index contributed by atoms with van der Waals surface area (Å²) in [6.07, 6.45) is 11.1. The van der Waals surface area contributed by atoms with Gasteiger partial charge in [0.05, 0.1) is 0 Å². The van der Waals surface area contributed by atoms with Gasteiger partial charge in [-0.3, -0.25) is 0 Å². The molecule has 0 aliphatic carbocycles. The Balaban J connectivity index is 0.000000569. The summed E-state index contributed by atoms with van der Waals surface area (Å²) in [7, 11) is -1.87. The number of halogens is 2. The molecular formula is C28H46Cl2Si2Zr. The Morgan fingerprint density at radius 1 is 0.667 bits per heavy atom. The summed E-state index contributed by atoms with van der Waals surface area (Å²) >= 11 is 0. The molecule has 33 heavy (non-hydrogen) atoms. The fourth-order valence-corrected chi connectivity index (χ4v) is 14.8. The van der Waals surface area contributed by atoms with Crippen LogP contribution in [0.1, 0.15) is 77.3 Å². The maximum Gasteiger partial charge on any atom is 4.00 e. The van der Waals surface area contributed by atoms with Crippen molar-refractivity contribution in [1.82, 2.24) is 0 Å². The van der Waals surface area contributed by atoms with Crippen molar-refractivity contribution in [2.24, 2.45) is 0 Å². The van der Waals surface area contributed by atoms with Crippen LogP contribution in [0, 0.1) is 0 Å². The van der Waals surface area contributed by atoms with E-state index >= 15 is 0 Å². The van der Waals surface area contributed by atoms with E-state index in [1.54, 1.807) is 57.8 Å². The van der Waals surface area contributed by atoms with Crippen molar-refractivity contribution in [2.75, 3.05) is 0 Å². The zero-order valence-electron chi connectivity index (χ0n) is 21.6. The van der Waals surface area contributed by atoms with Gasteiger partial charge in [0.25, 0.3) is 0 Å². The van der Waals surface area contributed by atoms with Gasteiger partial charge in [-0.25, -0.2) is 12.1 Å². The van der Waals surface area contributed by atoms with Gasteiger partial charge in [-0.15, -0.1) is 0 Å². The van der Waals surface area contributed by atoms with Gasteiger partial charge in [-0.1, -0.05) is 115 Å². The number of rotatable bonds is 10. The van der Waals surface area contributed by atoms with Gasteiger partial charge in [0.15, 0.2) is 0 Å². The fraction of sp³-hybridized carbons (Fsp3) is 0.643. The van der Waals surface area contributed by atoms with Crippen molar-refractivity contribution in [3.63, 3.8) is 0 Å². The Morgan fingerprint density at radius 2 is 1.03 bits per heavy atom. The minimum atomic E-state index is -0.935. The number of aryl methyl sites for hydroxylation is 2. The zero-order chi connectivity index (χ0) is 21.5. The topological polar surface area (TPSA) is 0 Å². The summed E-state index contributed by atoms with van der Waals surface area (Å²) in [5, 5.41) is 3.55. The molecule has 0 spiro atoms. The standard InChI is InChI=1S/2C14H23Si.2ClH.Zr/c2*1-3-5-9-15(10-6-11-15)14-8-7-13(4-2)12-14;;;/h2*7-8,12H,3-6,9-11H2,1-2H3;2*1H;/q2*-1;;;+4/p-2. The van der Waals surface area contributed by atoms with Crippen LogP contribution < -0.4 is 35.2 Å². The van der Waals surface area contributed by atoms with Gasteiger partial charge in [-0.05, 0) is 0 Å². The maximum atomic E-state index is 2.51. The molecule has 0 atom stereocenters. The molecule has 0 aromatic heterocycles. The van der Waals surface area contributed by atoms with Crippen LogP contribution in [0.3, 0.4) is 0 Å². The van der Waals surface area contributed by atoms with Crippen molar-refractivity contribution in [1.29, 1.82) is 0 Å². The summed E-state index contributed by atoms with van der Waals surface area (Å²) in [5.41, 5.74) is 3.11. The molecule has 2 fully saturated rings. The van der Waals surface area contributed by atoms with Gasteiger partial charge in [-0.2, -0.15) is 45.8 Å². The summed E-state index contributed by atoms with van der Waals surface area (Å²) < 4.78 is 0. The van der Waals surface area contributed by atoms with Gasteiger partial charge >= 0.3 is 26.2 Å². The van der Waals surface area contributed by atoms with E-state index in [2.05, 4.69) is 64.1 Å². The normalized spacial score (nSPS) is 17.1. The van der Waals surface area contributed by atoms with E-state index in [0.29, 0.717) is 0 Å². The number of hydrogen-bond donors (Lipinski definition) is 0. The molecule has 0 N–H and O–H groups in total. The second kappa shape index (κ2) is 16.4. The smallest absolute Gasteiger partial charge is 1.00 e. The van der Waals surface area contributed by atoms with Crippen molar-refractivity contribution < 1.29 is 51.0 Å². The quantitative estimate of drug-likeness (QED) is 0.288. The monoisotopic (exact) mass is 598 g/mol. The first-order valence-electron chi connectivity index (χ1n) is 13.1. The molecule has 0 radical (unpaired) electrons. The molecule has 2 saturated heterocycles. The molecule has 5 heteroatoms. The number of hydrogen-bond acceptors (Lipinski definition) is 0. The van der Waals surface area contributed by atoms with Crippen LogP contribution in [-0.2, 0) is 39.0 Å². The Hall–Kier alpha value is 0.597. The van der Waals surface area contributed by atoms with E-state index in [9.17, 15) is 0 Å². The Labute approximate surface area is 238 Å². The van der Waals surface area contributed by atoms with Crippen molar-refractivity contribution >= 4 is 26.5 Å². The third-order valence-electron chi connectivity index (χ3n) is 8.32. The average Bonchev–Trinajstić information content (AvgIpc) is 3.37. The van der Waals surface area contributed by atoms with E-state index in [-0.39, 0.29) is 51.0 Å². The first-order valence-corrected chi connectivity index (χ1v) is 18.4. The first kappa shape index (κ1) is 33.6. The molecule has 0 unspecified atom stereocenters. The Kier molecular flexibility index (Phi) is 16.7. The third-order valence-corrected chi connectivity index (χ3v) is 19.3. The van der Waals surface area contributed by atoms with Crippen molar-refractivity contribution in [3.8, 4) is 0 Å². The van der Waals surface area contributed by atoms with E-state index in [4.69, 9.17) is 0 Å². The zero-order valence-corrected chi connectivity index (χ0v) is 27.6. The van der Waals surface area contributed by atoms with Gasteiger partial charge in [0.2, 0.25) is 0 Å². The van der Waals surface area contributed by atoms with Crippen LogP contribution in [0.25, 0.3) is 0 Å². The molecule has 2 heterocycles. The SMILES string of the molecule is CCCC[Si]1([c-]2ccc(CC)c2)CCC1.CCCC[Si]1([c-]2ccc(CC)c2)CCC1.[Cl-].[Cl-].[Zr+4]. The van der Waals surface area contributed by atoms with E-state index in [1.807, 2.05) is 0 Å². The van der Waals surface area contributed by atoms with Crippen LogP contribution >= 0.6 is 0 Å². The third kappa shape index (κ3) is 8.31. The molecule has 0 bridgehead atoms. The summed E-state index contributed by atoms with van der Waals surface area (Å²) in [5.74, 6) is 0. The van der Waals surface area contributed by atoms with Crippen molar-refractivity contribution in [2.45, 2.75) is 115 Å². The Bertz CT molecular complexity index is 695. The van der Waals surface area contributed by atoms with E-state index < -0.39 is 16.1 Å². The summed E-state index contributed by atoms with van der Waals surface area (Å²) in [6, 6.07) is 24.0. The Morgan fingerprint density at radius 3 is 1.24 bits per heavy atom. The first-order chi connectivity index (χ1) is 14.6. The van der Waals surface area contributed by atoms with E-state index in [0.717, 1.165) is 0 Å². The minimum absolute atomic E-state index is 0. The predicted octanol–water partition coefficient (Wildman–Crippen LogP) is 1.66. The molecule has 2 aliphatic rings. The summed E-state index contributed by atoms with van der Waals surface area (Å²) in [4.78, 5) is 0. The largest absolute Gasteiger partial charge is 4.00 e. The molecule has 2 aliphatic heterocycles. The second-order valence-corrected chi connectivity index (χ2v) is 19.5. The van der Waals surface area contributed by atoms with Crippen LogP contribution in [-0.4, -0.2) is 16.1 Å². The molecule has 2 aromatic carbocycles. The van der Waals surface area contributed by atoms with Crippen LogP contribution in [0.5, 0.6) is 0 Å². The maximum absolute atomic E-state index is 2.51. The van der Waals surface area contributed by atoms with Gasteiger partial charge < -0.3 is 24.8 Å². The molecule has 0 amide bonds. The minimum Gasteiger partial charge on any atom is -1.00 e. The van der Waals surface area contributed by atoms with E-state index in [1.165, 1.54) is 51.4 Å². The molecule has 0 saturated carbocycles. The molecular weight excluding hydrogens is 555 g/mol. The van der Waals surface area contributed by atoms with Crippen molar-refractivity contribution in [3.05, 3.63) is 47.5 Å². The second-order valence-electron chi connectivity index (χ2n) is 10.2. The molecule has 2 aromatic rings. The van der Waals surface area contributed by atoms with Crippen LogP contribution in [0.2, 0.25) is 36.3 Å². The molecule has 4 rings (SSSR count). The van der Waals surface area contributed by atoms with Gasteiger partial charge in [0, 0.05) is 16.1 Å².